The lowest BCUT2D eigenvalue weighted by atomic mass is 10.2. The molecule has 0 aliphatic carbocycles. The molecule has 0 aromatic heterocycles. The van der Waals surface area contributed by atoms with Crippen molar-refractivity contribution in [3.8, 4) is 0 Å². The van der Waals surface area contributed by atoms with Crippen LogP contribution in [0.4, 0.5) is 10.5 Å². The summed E-state index contributed by atoms with van der Waals surface area (Å²) < 4.78 is 0. The predicted molar refractivity (Wildman–Crippen MR) is 80.7 cm³/mol. The number of carboxylic acids is 1. The summed E-state index contributed by atoms with van der Waals surface area (Å²) >= 11 is 0.773. The van der Waals surface area contributed by atoms with Crippen molar-refractivity contribution in [3.05, 3.63) is 29.8 Å². The number of rotatable bonds is 5. The minimum Gasteiger partial charge on any atom is -0.480 e. The summed E-state index contributed by atoms with van der Waals surface area (Å²) in [6, 6.07) is 6.90. The molecule has 0 radical (unpaired) electrons. The van der Waals surface area contributed by atoms with Gasteiger partial charge in [-0.1, -0.05) is 17.7 Å². The van der Waals surface area contributed by atoms with Crippen molar-refractivity contribution >= 4 is 40.5 Å². The molecule has 0 bridgehead atoms. The van der Waals surface area contributed by atoms with Crippen LogP contribution >= 0.6 is 11.8 Å². The fourth-order valence-corrected chi connectivity index (χ4v) is 2.91. The number of anilines is 1. The molecule has 1 aromatic rings. The van der Waals surface area contributed by atoms with Gasteiger partial charge in [0.25, 0.3) is 5.24 Å². The monoisotopic (exact) mass is 322 g/mol. The second-order valence-corrected chi connectivity index (χ2v) is 5.91. The van der Waals surface area contributed by atoms with E-state index in [1.54, 1.807) is 24.3 Å². The van der Waals surface area contributed by atoms with Gasteiger partial charge in [0.1, 0.15) is 11.8 Å². The average molecular weight is 322 g/mol. The SMILES string of the molecule is Cc1ccc(N2C(=O)SC(CC(=O)NCC(=O)O)C2=O)cc1. The summed E-state index contributed by atoms with van der Waals surface area (Å²) in [4.78, 5) is 47.2. The summed E-state index contributed by atoms with van der Waals surface area (Å²) in [6.07, 6.45) is -0.231. The third-order valence-corrected chi connectivity index (χ3v) is 4.06. The van der Waals surface area contributed by atoms with Gasteiger partial charge >= 0.3 is 5.97 Å². The van der Waals surface area contributed by atoms with Crippen LogP contribution in [0.5, 0.6) is 0 Å². The summed E-state index contributed by atoms with van der Waals surface area (Å²) in [5, 5.41) is 9.38. The van der Waals surface area contributed by atoms with Crippen LogP contribution < -0.4 is 10.2 Å². The van der Waals surface area contributed by atoms with Crippen molar-refractivity contribution in [2.24, 2.45) is 0 Å². The van der Waals surface area contributed by atoms with Crippen LogP contribution in [-0.4, -0.2) is 39.9 Å². The minimum absolute atomic E-state index is 0.231. The van der Waals surface area contributed by atoms with E-state index < -0.39 is 34.8 Å². The van der Waals surface area contributed by atoms with Gasteiger partial charge in [0.05, 0.1) is 5.69 Å². The minimum atomic E-state index is -1.17. The van der Waals surface area contributed by atoms with E-state index in [4.69, 9.17) is 5.11 Å². The Morgan fingerprint density at radius 1 is 1.27 bits per heavy atom. The third-order valence-electron chi connectivity index (χ3n) is 3.02. The Balaban J connectivity index is 2.04. The number of benzene rings is 1. The molecule has 22 heavy (non-hydrogen) atoms. The molecule has 116 valence electrons. The number of hydrogen-bond donors (Lipinski definition) is 2. The van der Waals surface area contributed by atoms with Crippen molar-refractivity contribution in [1.29, 1.82) is 0 Å². The molecule has 3 amide bonds. The largest absolute Gasteiger partial charge is 0.480 e. The van der Waals surface area contributed by atoms with Crippen LogP contribution in [0.3, 0.4) is 0 Å². The first-order valence-corrected chi connectivity index (χ1v) is 7.36. The Kier molecular flexibility index (Phi) is 4.81. The fraction of sp³-hybridized carbons (Fsp3) is 0.286. The van der Waals surface area contributed by atoms with Crippen molar-refractivity contribution in [2.75, 3.05) is 11.4 Å². The van der Waals surface area contributed by atoms with Gasteiger partial charge < -0.3 is 10.4 Å². The standard InChI is InChI=1S/C14H14N2O5S/c1-8-2-4-9(5-3-8)16-13(20)10(22-14(16)21)6-11(17)15-7-12(18)19/h2-5,10H,6-7H2,1H3,(H,15,17)(H,18,19). The van der Waals surface area contributed by atoms with Gasteiger partial charge in [0, 0.05) is 6.42 Å². The zero-order valence-electron chi connectivity index (χ0n) is 11.7. The molecule has 8 heteroatoms. The second-order valence-electron chi connectivity index (χ2n) is 4.76. The summed E-state index contributed by atoms with van der Waals surface area (Å²) in [5.74, 6) is -2.22. The zero-order chi connectivity index (χ0) is 16.3. The van der Waals surface area contributed by atoms with Gasteiger partial charge in [-0.3, -0.25) is 19.2 Å². The van der Waals surface area contributed by atoms with E-state index in [2.05, 4.69) is 5.32 Å². The first-order chi connectivity index (χ1) is 10.4. The van der Waals surface area contributed by atoms with E-state index in [-0.39, 0.29) is 6.42 Å². The number of nitrogens with zero attached hydrogens (tertiary/aromatic N) is 1. The Bertz CT molecular complexity index is 629. The van der Waals surface area contributed by atoms with Crippen molar-refractivity contribution < 1.29 is 24.3 Å². The number of aliphatic carboxylic acids is 1. The highest BCUT2D eigenvalue weighted by Gasteiger charge is 2.41. The third kappa shape index (κ3) is 3.64. The van der Waals surface area contributed by atoms with Gasteiger partial charge in [-0.25, -0.2) is 4.90 Å². The lowest BCUT2D eigenvalue weighted by Crippen LogP contribution is -2.35. The lowest BCUT2D eigenvalue weighted by Gasteiger charge is -2.14. The molecule has 2 N–H and O–H groups in total. The molecule has 1 aliphatic heterocycles. The molecule has 2 rings (SSSR count). The molecule has 0 saturated carbocycles. The Hall–Kier alpha value is -2.35. The van der Waals surface area contributed by atoms with E-state index in [0.717, 1.165) is 22.2 Å². The van der Waals surface area contributed by atoms with Crippen LogP contribution in [0.2, 0.25) is 0 Å². The second kappa shape index (κ2) is 6.61. The van der Waals surface area contributed by atoms with Crippen LogP contribution in [0.15, 0.2) is 24.3 Å². The highest BCUT2D eigenvalue weighted by molar-refractivity contribution is 8.15. The van der Waals surface area contributed by atoms with E-state index in [0.29, 0.717) is 5.69 Å². The number of carbonyl (C=O) groups excluding carboxylic acids is 3. The average Bonchev–Trinajstić information content (AvgIpc) is 2.72. The van der Waals surface area contributed by atoms with Crippen molar-refractivity contribution in [3.63, 3.8) is 0 Å². The summed E-state index contributed by atoms with van der Waals surface area (Å²) in [6.45, 7) is 1.38. The molecule has 1 saturated heterocycles. The number of carboxylic acid groups (broad SMARTS) is 1. The molecule has 1 atom stereocenters. The maximum Gasteiger partial charge on any atom is 0.322 e. The van der Waals surface area contributed by atoms with E-state index >= 15 is 0 Å². The highest BCUT2D eigenvalue weighted by atomic mass is 32.2. The Morgan fingerprint density at radius 2 is 1.91 bits per heavy atom. The topological polar surface area (TPSA) is 104 Å². The smallest absolute Gasteiger partial charge is 0.322 e. The van der Waals surface area contributed by atoms with Crippen molar-refractivity contribution in [1.82, 2.24) is 5.32 Å². The lowest BCUT2D eigenvalue weighted by molar-refractivity contribution is -0.137. The number of hydrogen-bond acceptors (Lipinski definition) is 5. The van der Waals surface area contributed by atoms with Gasteiger partial charge in [-0.2, -0.15) is 0 Å². The fourth-order valence-electron chi connectivity index (χ4n) is 1.93. The molecule has 1 aliphatic rings. The molecule has 1 heterocycles. The molecular formula is C14H14N2O5S. The maximum absolute atomic E-state index is 12.3. The molecule has 0 spiro atoms. The maximum atomic E-state index is 12.3. The van der Waals surface area contributed by atoms with Crippen molar-refractivity contribution in [2.45, 2.75) is 18.6 Å². The van der Waals surface area contributed by atoms with E-state index in [9.17, 15) is 19.2 Å². The molecular weight excluding hydrogens is 308 g/mol. The molecule has 1 aromatic carbocycles. The van der Waals surface area contributed by atoms with Crippen LogP contribution in [0.25, 0.3) is 0 Å². The van der Waals surface area contributed by atoms with Gasteiger partial charge in [-0.15, -0.1) is 0 Å². The number of amides is 3. The molecule has 1 unspecified atom stereocenters. The van der Waals surface area contributed by atoms with Crippen LogP contribution in [0.1, 0.15) is 12.0 Å². The number of carbonyl (C=O) groups is 4. The van der Waals surface area contributed by atoms with Crippen LogP contribution in [0, 0.1) is 6.92 Å². The van der Waals surface area contributed by atoms with Gasteiger partial charge in [0.2, 0.25) is 11.8 Å². The zero-order valence-corrected chi connectivity index (χ0v) is 12.6. The Morgan fingerprint density at radius 3 is 2.50 bits per heavy atom. The molecule has 7 nitrogen and oxygen atoms in total. The summed E-state index contributed by atoms with van der Waals surface area (Å²) in [5.41, 5.74) is 1.46. The first kappa shape index (κ1) is 16.0. The Labute approximate surface area is 130 Å². The predicted octanol–water partition coefficient (Wildman–Crippen LogP) is 1.15. The van der Waals surface area contributed by atoms with E-state index in [1.165, 1.54) is 0 Å². The normalized spacial score (nSPS) is 17.7. The van der Waals surface area contributed by atoms with E-state index in [1.807, 2.05) is 6.92 Å². The molecule has 1 fully saturated rings. The summed E-state index contributed by atoms with van der Waals surface area (Å²) in [7, 11) is 0. The quantitative estimate of drug-likeness (QED) is 0.843. The first-order valence-electron chi connectivity index (χ1n) is 6.48. The number of nitrogens with one attached hydrogen (secondary N) is 1. The number of imide groups is 1. The van der Waals surface area contributed by atoms with Gasteiger partial charge in [0.15, 0.2) is 0 Å². The highest BCUT2D eigenvalue weighted by Crippen LogP contribution is 2.33. The van der Waals surface area contributed by atoms with Gasteiger partial charge in [-0.05, 0) is 30.8 Å². The van der Waals surface area contributed by atoms with Crippen LogP contribution in [-0.2, 0) is 14.4 Å². The number of aryl methyl sites for hydroxylation is 1. The number of thioether (sulfide) groups is 1.